The van der Waals surface area contributed by atoms with Crippen LogP contribution < -0.4 is 0 Å². The van der Waals surface area contributed by atoms with Gasteiger partial charge in [-0.2, -0.15) is 11.8 Å². The molecule has 0 fully saturated rings. The number of rotatable bonds is 3. The second kappa shape index (κ2) is 5.41. The summed E-state index contributed by atoms with van der Waals surface area (Å²) >= 11 is 5.05. The summed E-state index contributed by atoms with van der Waals surface area (Å²) in [6.07, 6.45) is 2.00. The van der Waals surface area contributed by atoms with E-state index < -0.39 is 0 Å². The zero-order valence-electron chi connectivity index (χ0n) is 8.04. The molecule has 0 bridgehead atoms. The van der Waals surface area contributed by atoms with Gasteiger partial charge in [0.2, 0.25) is 0 Å². The molecule has 1 rings (SSSR count). The molecule has 0 atom stereocenters. The van der Waals surface area contributed by atoms with Crippen LogP contribution in [-0.2, 0) is 10.5 Å². The van der Waals surface area contributed by atoms with Crippen LogP contribution in [0, 0.1) is 0 Å². The maximum absolute atomic E-state index is 11.4. The third-order valence-corrected chi connectivity index (χ3v) is 2.87. The number of carbonyl (C=O) groups excluding carboxylic acids is 1. The summed E-state index contributed by atoms with van der Waals surface area (Å²) in [7, 11) is 1.40. The summed E-state index contributed by atoms with van der Waals surface area (Å²) in [6.45, 7) is 0. The van der Waals surface area contributed by atoms with Crippen LogP contribution >= 0.6 is 27.7 Å². The highest BCUT2D eigenvalue weighted by atomic mass is 79.9. The fourth-order valence-corrected chi connectivity index (χ4v) is 2.10. The van der Waals surface area contributed by atoms with Gasteiger partial charge in [-0.25, -0.2) is 4.79 Å². The highest BCUT2D eigenvalue weighted by Crippen LogP contribution is 2.20. The van der Waals surface area contributed by atoms with Crippen molar-refractivity contribution < 1.29 is 9.53 Å². The third-order valence-electron chi connectivity index (χ3n) is 1.77. The molecule has 0 aliphatic rings. The molecule has 0 N–H and O–H groups in total. The Kier molecular flexibility index (Phi) is 4.48. The molecule has 1 aromatic carbocycles. The van der Waals surface area contributed by atoms with E-state index in [0.29, 0.717) is 5.56 Å². The van der Waals surface area contributed by atoms with Gasteiger partial charge in [0.1, 0.15) is 0 Å². The van der Waals surface area contributed by atoms with E-state index in [0.717, 1.165) is 15.8 Å². The molecule has 76 valence electrons. The Morgan fingerprint density at radius 3 is 2.86 bits per heavy atom. The number of carbonyl (C=O) groups is 1. The Bertz CT molecular complexity index is 339. The zero-order valence-corrected chi connectivity index (χ0v) is 10.4. The van der Waals surface area contributed by atoms with Crippen LogP contribution in [0.1, 0.15) is 15.9 Å². The molecule has 0 aromatic heterocycles. The first-order valence-corrected chi connectivity index (χ1v) is 6.23. The van der Waals surface area contributed by atoms with Gasteiger partial charge in [0.15, 0.2) is 0 Å². The van der Waals surface area contributed by atoms with Crippen molar-refractivity contribution in [3.05, 3.63) is 33.8 Å². The number of thioether (sulfide) groups is 1. The molecule has 0 heterocycles. The van der Waals surface area contributed by atoms with E-state index in [2.05, 4.69) is 15.9 Å². The van der Waals surface area contributed by atoms with Gasteiger partial charge in [0.25, 0.3) is 0 Å². The minimum Gasteiger partial charge on any atom is -0.465 e. The molecular weight excluding hydrogens is 264 g/mol. The van der Waals surface area contributed by atoms with Crippen molar-refractivity contribution in [2.75, 3.05) is 13.4 Å². The third kappa shape index (κ3) is 2.75. The maximum Gasteiger partial charge on any atom is 0.338 e. The highest BCUT2D eigenvalue weighted by Gasteiger charge is 2.11. The number of methoxy groups -OCH3 is 1. The van der Waals surface area contributed by atoms with Crippen molar-refractivity contribution in [2.24, 2.45) is 0 Å². The molecule has 0 aliphatic carbocycles. The summed E-state index contributed by atoms with van der Waals surface area (Å²) in [6, 6.07) is 5.57. The van der Waals surface area contributed by atoms with Crippen molar-refractivity contribution in [1.29, 1.82) is 0 Å². The zero-order chi connectivity index (χ0) is 10.6. The molecule has 0 aliphatic heterocycles. The maximum atomic E-state index is 11.4. The number of benzene rings is 1. The van der Waals surface area contributed by atoms with Crippen LogP contribution in [0.4, 0.5) is 0 Å². The van der Waals surface area contributed by atoms with Crippen LogP contribution in [0.3, 0.4) is 0 Å². The lowest BCUT2D eigenvalue weighted by atomic mass is 10.1. The Labute approximate surface area is 96.2 Å². The molecular formula is C10H11BrO2S. The van der Waals surface area contributed by atoms with E-state index in [4.69, 9.17) is 4.74 Å². The normalized spacial score (nSPS) is 9.93. The van der Waals surface area contributed by atoms with Crippen molar-refractivity contribution in [3.63, 3.8) is 0 Å². The first-order chi connectivity index (χ1) is 6.69. The topological polar surface area (TPSA) is 26.3 Å². The van der Waals surface area contributed by atoms with Crippen LogP contribution in [0.25, 0.3) is 0 Å². The molecule has 14 heavy (non-hydrogen) atoms. The molecule has 1 aromatic rings. The Hall–Kier alpha value is -0.480. The van der Waals surface area contributed by atoms with Gasteiger partial charge < -0.3 is 4.74 Å². The average Bonchev–Trinajstić information content (AvgIpc) is 2.17. The summed E-state index contributed by atoms with van der Waals surface area (Å²) < 4.78 is 5.68. The predicted octanol–water partition coefficient (Wildman–Crippen LogP) is 3.10. The van der Waals surface area contributed by atoms with Crippen molar-refractivity contribution >= 4 is 33.7 Å². The standard InChI is InChI=1S/C10H11BrO2S/c1-13-10(12)9-4-3-8(11)5-7(9)6-14-2/h3-5H,6H2,1-2H3. The fraction of sp³-hybridized carbons (Fsp3) is 0.300. The van der Waals surface area contributed by atoms with Gasteiger partial charge in [-0.15, -0.1) is 0 Å². The second-order valence-electron chi connectivity index (χ2n) is 2.73. The monoisotopic (exact) mass is 274 g/mol. The van der Waals surface area contributed by atoms with Crippen LogP contribution in [0.15, 0.2) is 22.7 Å². The SMILES string of the molecule is COC(=O)c1ccc(Br)cc1CSC. The lowest BCUT2D eigenvalue weighted by Gasteiger charge is -2.06. The van der Waals surface area contributed by atoms with E-state index in [9.17, 15) is 4.79 Å². The smallest absolute Gasteiger partial charge is 0.338 e. The lowest BCUT2D eigenvalue weighted by molar-refractivity contribution is 0.0600. The Morgan fingerprint density at radius 2 is 2.29 bits per heavy atom. The van der Waals surface area contributed by atoms with Gasteiger partial charge >= 0.3 is 5.97 Å². The summed E-state index contributed by atoms with van der Waals surface area (Å²) in [4.78, 5) is 11.4. The van der Waals surface area contributed by atoms with Crippen molar-refractivity contribution in [3.8, 4) is 0 Å². The summed E-state index contributed by atoms with van der Waals surface area (Å²) in [5.41, 5.74) is 1.64. The molecule has 0 radical (unpaired) electrons. The van der Waals surface area contributed by atoms with E-state index in [1.807, 2.05) is 18.4 Å². The van der Waals surface area contributed by atoms with Crippen LogP contribution in [-0.4, -0.2) is 19.3 Å². The van der Waals surface area contributed by atoms with Gasteiger partial charge in [0.05, 0.1) is 12.7 Å². The summed E-state index contributed by atoms with van der Waals surface area (Å²) in [5.74, 6) is 0.533. The quantitative estimate of drug-likeness (QED) is 0.793. The second-order valence-corrected chi connectivity index (χ2v) is 4.51. The van der Waals surface area contributed by atoms with Gasteiger partial charge in [-0.1, -0.05) is 15.9 Å². The largest absolute Gasteiger partial charge is 0.465 e. The molecule has 0 amide bonds. The molecule has 0 saturated heterocycles. The average molecular weight is 275 g/mol. The minimum absolute atomic E-state index is 0.276. The number of hydrogen-bond acceptors (Lipinski definition) is 3. The number of halogens is 1. The van der Waals surface area contributed by atoms with Crippen LogP contribution in [0.5, 0.6) is 0 Å². The molecule has 0 unspecified atom stereocenters. The number of esters is 1. The minimum atomic E-state index is -0.276. The molecule has 4 heteroatoms. The number of ether oxygens (including phenoxy) is 1. The fourth-order valence-electron chi connectivity index (χ4n) is 1.15. The highest BCUT2D eigenvalue weighted by molar-refractivity contribution is 9.10. The molecule has 0 saturated carbocycles. The summed E-state index contributed by atoms with van der Waals surface area (Å²) in [5, 5.41) is 0. The van der Waals surface area contributed by atoms with E-state index in [1.54, 1.807) is 17.8 Å². The van der Waals surface area contributed by atoms with Crippen molar-refractivity contribution in [1.82, 2.24) is 0 Å². The number of hydrogen-bond donors (Lipinski definition) is 0. The van der Waals surface area contributed by atoms with Gasteiger partial charge in [-0.05, 0) is 30.0 Å². The van der Waals surface area contributed by atoms with E-state index >= 15 is 0 Å². The molecule has 2 nitrogen and oxygen atoms in total. The van der Waals surface area contributed by atoms with E-state index in [-0.39, 0.29) is 5.97 Å². The Morgan fingerprint density at radius 1 is 1.57 bits per heavy atom. The first-order valence-electron chi connectivity index (χ1n) is 4.04. The first kappa shape index (κ1) is 11.6. The van der Waals surface area contributed by atoms with Gasteiger partial charge in [0, 0.05) is 10.2 Å². The van der Waals surface area contributed by atoms with Crippen molar-refractivity contribution in [2.45, 2.75) is 5.75 Å². The van der Waals surface area contributed by atoms with Gasteiger partial charge in [-0.3, -0.25) is 0 Å². The Balaban J connectivity index is 3.07. The predicted molar refractivity (Wildman–Crippen MR) is 62.7 cm³/mol. The van der Waals surface area contributed by atoms with E-state index in [1.165, 1.54) is 7.11 Å². The lowest BCUT2D eigenvalue weighted by Crippen LogP contribution is -2.04. The van der Waals surface area contributed by atoms with Crippen LogP contribution in [0.2, 0.25) is 0 Å². The molecule has 0 spiro atoms.